The zero-order valence-electron chi connectivity index (χ0n) is 9.42. The van der Waals surface area contributed by atoms with Gasteiger partial charge in [0.15, 0.2) is 0 Å². The van der Waals surface area contributed by atoms with Gasteiger partial charge in [-0.2, -0.15) is 0 Å². The van der Waals surface area contributed by atoms with Gasteiger partial charge in [-0.25, -0.2) is 0 Å². The summed E-state index contributed by atoms with van der Waals surface area (Å²) in [5, 5.41) is 3.51. The minimum absolute atomic E-state index is 0.359. The van der Waals surface area contributed by atoms with E-state index in [2.05, 4.69) is 19.2 Å². The lowest BCUT2D eigenvalue weighted by Crippen LogP contribution is -2.41. The Morgan fingerprint density at radius 1 is 1.36 bits per heavy atom. The quantitative estimate of drug-likeness (QED) is 0.646. The Morgan fingerprint density at radius 3 is 2.64 bits per heavy atom. The van der Waals surface area contributed by atoms with Gasteiger partial charge < -0.3 is 14.8 Å². The molecule has 0 radical (unpaired) electrons. The second-order valence-electron chi connectivity index (χ2n) is 3.93. The Bertz CT molecular complexity index is 137. The molecule has 0 saturated carbocycles. The van der Waals surface area contributed by atoms with Crippen molar-refractivity contribution in [3.05, 3.63) is 0 Å². The summed E-state index contributed by atoms with van der Waals surface area (Å²) < 4.78 is 10.8. The second kappa shape index (κ2) is 7.21. The van der Waals surface area contributed by atoms with Gasteiger partial charge >= 0.3 is 0 Å². The molecule has 14 heavy (non-hydrogen) atoms. The first-order valence-electron chi connectivity index (χ1n) is 5.79. The van der Waals surface area contributed by atoms with E-state index >= 15 is 0 Å². The van der Waals surface area contributed by atoms with Crippen LogP contribution >= 0.6 is 0 Å². The molecule has 0 amide bonds. The topological polar surface area (TPSA) is 30.5 Å². The molecule has 1 aliphatic heterocycles. The van der Waals surface area contributed by atoms with Crippen LogP contribution in [-0.4, -0.2) is 38.5 Å². The highest BCUT2D eigenvalue weighted by molar-refractivity contribution is 4.69. The van der Waals surface area contributed by atoms with Crippen molar-refractivity contribution in [2.45, 2.75) is 45.3 Å². The van der Waals surface area contributed by atoms with Crippen molar-refractivity contribution < 1.29 is 9.47 Å². The van der Waals surface area contributed by atoms with Crippen LogP contribution in [0.15, 0.2) is 0 Å². The molecule has 1 N–H and O–H groups in total. The molecule has 0 aromatic carbocycles. The van der Waals surface area contributed by atoms with E-state index in [4.69, 9.17) is 9.47 Å². The molecule has 0 aliphatic carbocycles. The predicted molar refractivity (Wildman–Crippen MR) is 57.5 cm³/mol. The molecule has 1 aliphatic rings. The first kappa shape index (κ1) is 12.0. The van der Waals surface area contributed by atoms with Crippen molar-refractivity contribution in [1.29, 1.82) is 0 Å². The minimum Gasteiger partial charge on any atom is -0.376 e. The molecule has 0 bridgehead atoms. The van der Waals surface area contributed by atoms with Crippen LogP contribution in [0.5, 0.6) is 0 Å². The van der Waals surface area contributed by atoms with Crippen LogP contribution in [0.3, 0.4) is 0 Å². The highest BCUT2D eigenvalue weighted by Crippen LogP contribution is 2.07. The van der Waals surface area contributed by atoms with Crippen LogP contribution in [-0.2, 0) is 9.47 Å². The lowest BCUT2D eigenvalue weighted by molar-refractivity contribution is -0.133. The minimum atomic E-state index is 0.359. The van der Waals surface area contributed by atoms with Crippen LogP contribution in [0.1, 0.15) is 33.1 Å². The summed E-state index contributed by atoms with van der Waals surface area (Å²) in [6, 6.07) is 0.528. The molecule has 84 valence electrons. The first-order chi connectivity index (χ1) is 6.86. The Hall–Kier alpha value is -0.120. The number of nitrogens with one attached hydrogen (secondary N) is 1. The van der Waals surface area contributed by atoms with Gasteiger partial charge in [-0.3, -0.25) is 0 Å². The highest BCUT2D eigenvalue weighted by Gasteiger charge is 2.20. The van der Waals surface area contributed by atoms with Gasteiger partial charge in [-0.05, 0) is 19.4 Å². The van der Waals surface area contributed by atoms with E-state index < -0.39 is 0 Å². The number of rotatable bonds is 8. The van der Waals surface area contributed by atoms with Gasteiger partial charge in [-0.15, -0.1) is 0 Å². The van der Waals surface area contributed by atoms with E-state index in [1.54, 1.807) is 0 Å². The van der Waals surface area contributed by atoms with Gasteiger partial charge in [0.1, 0.15) is 6.10 Å². The molecule has 1 fully saturated rings. The highest BCUT2D eigenvalue weighted by atomic mass is 16.6. The third-order valence-electron chi connectivity index (χ3n) is 2.46. The summed E-state index contributed by atoms with van der Waals surface area (Å²) in [4.78, 5) is 0. The van der Waals surface area contributed by atoms with Crippen molar-refractivity contribution in [2.24, 2.45) is 0 Å². The van der Waals surface area contributed by atoms with Crippen molar-refractivity contribution in [3.8, 4) is 0 Å². The van der Waals surface area contributed by atoms with E-state index in [1.807, 2.05) is 0 Å². The maximum absolute atomic E-state index is 5.70. The second-order valence-corrected chi connectivity index (χ2v) is 3.93. The van der Waals surface area contributed by atoms with Gasteiger partial charge in [0.25, 0.3) is 0 Å². The van der Waals surface area contributed by atoms with E-state index in [9.17, 15) is 0 Å². The molecule has 0 aromatic heterocycles. The Labute approximate surface area is 87.2 Å². The maximum atomic E-state index is 5.70. The van der Waals surface area contributed by atoms with E-state index in [1.165, 1.54) is 19.3 Å². The maximum Gasteiger partial charge on any atom is 0.104 e. The molecular weight excluding hydrogens is 178 g/mol. The van der Waals surface area contributed by atoms with Crippen LogP contribution in [0.25, 0.3) is 0 Å². The Morgan fingerprint density at radius 2 is 2.14 bits per heavy atom. The fraction of sp³-hybridized carbons (Fsp3) is 1.00. The van der Waals surface area contributed by atoms with Gasteiger partial charge in [0.2, 0.25) is 0 Å². The summed E-state index contributed by atoms with van der Waals surface area (Å²) in [6.45, 7) is 7.90. The average molecular weight is 201 g/mol. The summed E-state index contributed by atoms with van der Waals surface area (Å²) >= 11 is 0. The zero-order chi connectivity index (χ0) is 10.2. The van der Waals surface area contributed by atoms with Gasteiger partial charge in [-0.1, -0.05) is 20.3 Å². The zero-order valence-corrected chi connectivity index (χ0v) is 9.42. The van der Waals surface area contributed by atoms with Crippen LogP contribution in [0.4, 0.5) is 0 Å². The number of hydrogen-bond acceptors (Lipinski definition) is 3. The molecule has 1 heterocycles. The number of hydrogen-bond donors (Lipinski definition) is 1. The third-order valence-corrected chi connectivity index (χ3v) is 2.46. The summed E-state index contributed by atoms with van der Waals surface area (Å²) in [5.74, 6) is 0. The molecule has 0 spiro atoms. The predicted octanol–water partition coefficient (Wildman–Crippen LogP) is 1.57. The van der Waals surface area contributed by atoms with Crippen molar-refractivity contribution in [3.63, 3.8) is 0 Å². The molecule has 3 nitrogen and oxygen atoms in total. The van der Waals surface area contributed by atoms with Gasteiger partial charge in [0.05, 0.1) is 19.8 Å². The smallest absolute Gasteiger partial charge is 0.104 e. The van der Waals surface area contributed by atoms with Gasteiger partial charge in [0, 0.05) is 6.04 Å². The molecule has 1 saturated heterocycles. The summed E-state index contributed by atoms with van der Waals surface area (Å²) in [5.41, 5.74) is 0. The third kappa shape index (κ3) is 4.40. The SMILES string of the molecule is CCCNC(CCC)COC1COC1. The normalized spacial score (nSPS) is 19.3. The monoisotopic (exact) mass is 201 g/mol. The van der Waals surface area contributed by atoms with Crippen molar-refractivity contribution in [1.82, 2.24) is 5.32 Å². The summed E-state index contributed by atoms with van der Waals surface area (Å²) in [6.07, 6.45) is 3.96. The number of ether oxygens (including phenoxy) is 2. The summed E-state index contributed by atoms with van der Waals surface area (Å²) in [7, 11) is 0. The van der Waals surface area contributed by atoms with E-state index in [0.717, 1.165) is 26.4 Å². The lowest BCUT2D eigenvalue weighted by atomic mass is 10.2. The van der Waals surface area contributed by atoms with Crippen molar-refractivity contribution >= 4 is 0 Å². The fourth-order valence-corrected chi connectivity index (χ4v) is 1.50. The van der Waals surface area contributed by atoms with Crippen LogP contribution in [0, 0.1) is 0 Å². The molecule has 3 heteroatoms. The standard InChI is InChI=1S/C11H23NO2/c1-3-5-10(12-6-4-2)7-14-11-8-13-9-11/h10-12H,3-9H2,1-2H3. The average Bonchev–Trinajstić information content (AvgIpc) is 2.11. The van der Waals surface area contributed by atoms with Crippen LogP contribution in [0.2, 0.25) is 0 Å². The van der Waals surface area contributed by atoms with E-state index in [0.29, 0.717) is 12.1 Å². The molecule has 0 aromatic rings. The largest absolute Gasteiger partial charge is 0.376 e. The van der Waals surface area contributed by atoms with Crippen molar-refractivity contribution in [2.75, 3.05) is 26.4 Å². The Kier molecular flexibility index (Phi) is 6.15. The molecule has 1 unspecified atom stereocenters. The Balaban J connectivity index is 2.06. The van der Waals surface area contributed by atoms with Crippen LogP contribution < -0.4 is 5.32 Å². The molecule has 1 rings (SSSR count). The fourth-order valence-electron chi connectivity index (χ4n) is 1.50. The first-order valence-corrected chi connectivity index (χ1v) is 5.79. The molecule has 1 atom stereocenters. The molecular formula is C11H23NO2. The lowest BCUT2D eigenvalue weighted by Gasteiger charge is -2.28. The van der Waals surface area contributed by atoms with E-state index in [-0.39, 0.29) is 0 Å².